The first-order chi connectivity index (χ1) is 26.6. The molecule has 0 aromatic carbocycles. The number of hydrogen-bond acceptors (Lipinski definition) is 1. The van der Waals surface area contributed by atoms with Gasteiger partial charge in [-0.05, 0) is 53.6 Å². The monoisotopic (exact) mass is 805 g/mol. The third-order valence-electron chi connectivity index (χ3n) is 13.0. The van der Waals surface area contributed by atoms with Crippen molar-refractivity contribution in [3.63, 3.8) is 0 Å². The van der Waals surface area contributed by atoms with Crippen molar-refractivity contribution < 1.29 is 4.80 Å². The summed E-state index contributed by atoms with van der Waals surface area (Å²) in [6, 6.07) is 3.57. The second-order valence-corrected chi connectivity index (χ2v) is 27.1. The molecule has 338 valence electrons. The fourth-order valence-electron chi connectivity index (χ4n) is 9.01. The zero-order chi connectivity index (χ0) is 41.7. The minimum atomic E-state index is -2.08. The highest BCUT2D eigenvalue weighted by Gasteiger charge is 2.29. The molecule has 0 aromatic heterocycles. The van der Waals surface area contributed by atoms with Crippen LogP contribution in [0.15, 0.2) is 0 Å². The molecule has 1 N–H and O–H groups in total. The summed E-state index contributed by atoms with van der Waals surface area (Å²) in [6.07, 6.45) is 55.1. The standard InChI is InChI=1S/C54H112OSi/c1-52(2,3)46-40-34-28-22-16-10-13-19-25-31-37-43-49-56(55,50-44-38-32-26-20-14-11-17-23-29-35-41-47-53(4,5)6)51-45-39-33-27-21-15-12-18-24-30-36-42-48-54(7,8)9/h55H,10-51H2,1-9H3. The van der Waals surface area contributed by atoms with Crippen molar-refractivity contribution in [2.24, 2.45) is 16.2 Å². The Labute approximate surface area is 358 Å². The van der Waals surface area contributed by atoms with E-state index in [0.717, 1.165) is 0 Å². The highest BCUT2D eigenvalue weighted by molar-refractivity contribution is 6.72. The Hall–Kier alpha value is 0.177. The Morgan fingerprint density at radius 3 is 0.482 bits per heavy atom. The summed E-state index contributed by atoms with van der Waals surface area (Å²) in [7, 11) is -2.08. The Kier molecular flexibility index (Phi) is 37.1. The molecule has 0 bridgehead atoms. The molecule has 0 unspecified atom stereocenters. The normalized spacial score (nSPS) is 13.0. The summed E-state index contributed by atoms with van der Waals surface area (Å²) in [6.45, 7) is 21.4. The van der Waals surface area contributed by atoms with Crippen LogP contribution in [0, 0.1) is 16.2 Å². The number of rotatable bonds is 42. The molecule has 0 heterocycles. The first kappa shape index (κ1) is 56.2. The van der Waals surface area contributed by atoms with Crippen LogP contribution in [0.2, 0.25) is 18.1 Å². The molecule has 1 nitrogen and oxygen atoms in total. The van der Waals surface area contributed by atoms with Gasteiger partial charge in [0.2, 0.25) is 0 Å². The van der Waals surface area contributed by atoms with Crippen LogP contribution in [0.4, 0.5) is 0 Å². The molecule has 2 heteroatoms. The fourth-order valence-corrected chi connectivity index (χ4v) is 12.5. The molecule has 0 atom stereocenters. The Balaban J connectivity index is 4.15. The van der Waals surface area contributed by atoms with Crippen LogP contribution >= 0.6 is 0 Å². The first-order valence-electron chi connectivity index (χ1n) is 26.3. The average Bonchev–Trinajstić information content (AvgIpc) is 3.10. The van der Waals surface area contributed by atoms with Gasteiger partial charge in [-0.15, -0.1) is 0 Å². The lowest BCUT2D eigenvalue weighted by atomic mass is 9.89. The topological polar surface area (TPSA) is 20.2 Å². The van der Waals surface area contributed by atoms with E-state index in [2.05, 4.69) is 62.3 Å². The molecule has 0 saturated carbocycles. The predicted octanol–water partition coefficient (Wildman–Crippen LogP) is 20.3. The lowest BCUT2D eigenvalue weighted by molar-refractivity contribution is 0.356. The summed E-state index contributed by atoms with van der Waals surface area (Å²) in [5, 5.41) is 0. The maximum Gasteiger partial charge on any atom is 0.188 e. The first-order valence-corrected chi connectivity index (χ1v) is 28.9. The fraction of sp³-hybridized carbons (Fsp3) is 1.00. The molecule has 0 saturated heterocycles. The van der Waals surface area contributed by atoms with Gasteiger partial charge in [0.25, 0.3) is 0 Å². The third kappa shape index (κ3) is 46.9. The van der Waals surface area contributed by atoms with E-state index in [9.17, 15) is 4.80 Å². The summed E-state index contributed by atoms with van der Waals surface area (Å²) >= 11 is 0. The van der Waals surface area contributed by atoms with E-state index >= 15 is 0 Å². The molecular weight excluding hydrogens is 693 g/mol. The van der Waals surface area contributed by atoms with Gasteiger partial charge in [0.1, 0.15) is 0 Å². The van der Waals surface area contributed by atoms with Crippen molar-refractivity contribution in [3.8, 4) is 0 Å². The minimum Gasteiger partial charge on any atom is -0.432 e. The Bertz CT molecular complexity index is 679. The van der Waals surface area contributed by atoms with Crippen LogP contribution in [-0.2, 0) is 0 Å². The Morgan fingerprint density at radius 1 is 0.214 bits per heavy atom. The van der Waals surface area contributed by atoms with Gasteiger partial charge in [-0.1, -0.05) is 293 Å². The van der Waals surface area contributed by atoms with Crippen molar-refractivity contribution in [1.82, 2.24) is 0 Å². The highest BCUT2D eigenvalue weighted by Crippen LogP contribution is 2.29. The highest BCUT2D eigenvalue weighted by atomic mass is 28.4. The van der Waals surface area contributed by atoms with E-state index in [1.54, 1.807) is 0 Å². The van der Waals surface area contributed by atoms with E-state index < -0.39 is 8.32 Å². The van der Waals surface area contributed by atoms with Gasteiger partial charge in [0.15, 0.2) is 8.32 Å². The average molecular weight is 806 g/mol. The predicted molar refractivity (Wildman–Crippen MR) is 261 cm³/mol. The summed E-state index contributed by atoms with van der Waals surface area (Å²) in [5.41, 5.74) is 1.53. The van der Waals surface area contributed by atoms with Gasteiger partial charge in [0.05, 0.1) is 0 Å². The van der Waals surface area contributed by atoms with Gasteiger partial charge in [-0.2, -0.15) is 0 Å². The van der Waals surface area contributed by atoms with E-state index in [4.69, 9.17) is 0 Å². The van der Waals surface area contributed by atoms with Crippen LogP contribution in [0.25, 0.3) is 0 Å². The van der Waals surface area contributed by atoms with Gasteiger partial charge < -0.3 is 4.80 Å². The molecule has 0 rings (SSSR count). The van der Waals surface area contributed by atoms with Gasteiger partial charge in [-0.3, -0.25) is 0 Å². The SMILES string of the molecule is CC(C)(C)CCCCCCCCCCCCCC[Si](O)(CCCCCCCCCCCCCCC(C)(C)C)CCCCCCCCCCCCCCC(C)(C)C. The smallest absolute Gasteiger partial charge is 0.188 e. The van der Waals surface area contributed by atoms with Gasteiger partial charge >= 0.3 is 0 Å². The van der Waals surface area contributed by atoms with Crippen LogP contribution in [0.1, 0.15) is 313 Å². The van der Waals surface area contributed by atoms with Gasteiger partial charge in [0, 0.05) is 0 Å². The summed E-state index contributed by atoms with van der Waals surface area (Å²) in [5.74, 6) is 0. The van der Waals surface area contributed by atoms with Crippen LogP contribution in [0.5, 0.6) is 0 Å². The molecule has 0 aliphatic heterocycles. The van der Waals surface area contributed by atoms with Crippen molar-refractivity contribution >= 4 is 8.32 Å². The molecular formula is C54H112OSi. The van der Waals surface area contributed by atoms with Gasteiger partial charge in [-0.25, -0.2) is 0 Å². The Morgan fingerprint density at radius 2 is 0.339 bits per heavy atom. The van der Waals surface area contributed by atoms with Crippen LogP contribution < -0.4 is 0 Å². The summed E-state index contributed by atoms with van der Waals surface area (Å²) in [4.78, 5) is 12.0. The lowest BCUT2D eigenvalue weighted by Crippen LogP contribution is -2.34. The molecule has 0 aliphatic carbocycles. The summed E-state index contributed by atoms with van der Waals surface area (Å²) < 4.78 is 0. The van der Waals surface area contributed by atoms with Crippen LogP contribution in [-0.4, -0.2) is 13.1 Å². The molecule has 0 spiro atoms. The van der Waals surface area contributed by atoms with E-state index in [-0.39, 0.29) is 0 Å². The lowest BCUT2D eigenvalue weighted by Gasteiger charge is -2.25. The molecule has 0 aliphatic rings. The molecule has 0 radical (unpaired) electrons. The second kappa shape index (κ2) is 37.0. The molecule has 0 amide bonds. The molecule has 0 aromatic rings. The van der Waals surface area contributed by atoms with Crippen LogP contribution in [0.3, 0.4) is 0 Å². The van der Waals surface area contributed by atoms with Crippen molar-refractivity contribution in [3.05, 3.63) is 0 Å². The van der Waals surface area contributed by atoms with Crippen molar-refractivity contribution in [2.75, 3.05) is 0 Å². The maximum absolute atomic E-state index is 12.0. The van der Waals surface area contributed by atoms with Crippen molar-refractivity contribution in [2.45, 2.75) is 331 Å². The van der Waals surface area contributed by atoms with E-state index in [1.807, 2.05) is 0 Å². The zero-order valence-electron chi connectivity index (χ0n) is 41.1. The molecule has 0 fully saturated rings. The van der Waals surface area contributed by atoms with E-state index in [0.29, 0.717) is 16.2 Å². The van der Waals surface area contributed by atoms with E-state index in [1.165, 1.54) is 269 Å². The second-order valence-electron chi connectivity index (χ2n) is 23.1. The minimum absolute atomic E-state index is 0.510. The van der Waals surface area contributed by atoms with Crippen molar-refractivity contribution in [1.29, 1.82) is 0 Å². The largest absolute Gasteiger partial charge is 0.432 e. The number of unbranched alkanes of at least 4 members (excludes halogenated alkanes) is 33. The maximum atomic E-state index is 12.0. The number of hydrogen-bond donors (Lipinski definition) is 1. The third-order valence-corrected chi connectivity index (χ3v) is 16.8. The zero-order valence-corrected chi connectivity index (χ0v) is 42.1. The quantitative estimate of drug-likeness (QED) is 0.0481. The molecule has 56 heavy (non-hydrogen) atoms.